The Balaban J connectivity index is 2.04. The van der Waals surface area contributed by atoms with E-state index < -0.39 is 10.0 Å². The van der Waals surface area contributed by atoms with Crippen molar-refractivity contribution in [1.82, 2.24) is 13.9 Å². The lowest BCUT2D eigenvalue weighted by molar-refractivity contribution is 0.589. The van der Waals surface area contributed by atoms with E-state index in [0.717, 1.165) is 10.9 Å². The number of aryl methyl sites for hydroxylation is 1. The van der Waals surface area contributed by atoms with Crippen LogP contribution in [0.5, 0.6) is 0 Å². The molecule has 5 nitrogen and oxygen atoms in total. The fraction of sp³-hybridized carbons (Fsp3) is 0.0526. The van der Waals surface area contributed by atoms with Crippen molar-refractivity contribution in [3.05, 3.63) is 77.8 Å². The third kappa shape index (κ3) is 2.67. The number of rotatable bonds is 3. The number of nitrogens with zero attached hydrogens (tertiary/aromatic N) is 3. The summed E-state index contributed by atoms with van der Waals surface area (Å²) in [5, 5.41) is 0.901. The van der Waals surface area contributed by atoms with Crippen molar-refractivity contribution in [3.8, 4) is 11.3 Å². The Morgan fingerprint density at radius 2 is 1.69 bits per heavy atom. The van der Waals surface area contributed by atoms with Gasteiger partial charge in [0.05, 0.1) is 16.1 Å². The monoisotopic (exact) mass is 383 g/mol. The number of benzene rings is 2. The van der Waals surface area contributed by atoms with E-state index >= 15 is 0 Å². The number of hydrogen-bond acceptors (Lipinski definition) is 4. The van der Waals surface area contributed by atoms with Gasteiger partial charge in [0.15, 0.2) is 0 Å². The SMILES string of the molecule is Cc1cnc(Cl)nc1-c1cn(S(=O)(=O)c2ccccc2)c2ccccc12. The van der Waals surface area contributed by atoms with E-state index in [4.69, 9.17) is 11.6 Å². The molecule has 0 aliphatic carbocycles. The van der Waals surface area contributed by atoms with Crippen LogP contribution >= 0.6 is 11.6 Å². The number of fused-ring (bicyclic) bond motifs is 1. The van der Waals surface area contributed by atoms with Crippen LogP contribution in [-0.4, -0.2) is 22.4 Å². The van der Waals surface area contributed by atoms with E-state index in [-0.39, 0.29) is 10.2 Å². The third-order valence-corrected chi connectivity index (χ3v) is 6.05. The van der Waals surface area contributed by atoms with E-state index in [1.54, 1.807) is 48.8 Å². The maximum absolute atomic E-state index is 13.1. The zero-order valence-electron chi connectivity index (χ0n) is 13.8. The Morgan fingerprint density at radius 1 is 1.00 bits per heavy atom. The zero-order chi connectivity index (χ0) is 18.3. The molecule has 0 amide bonds. The molecule has 0 spiro atoms. The molecule has 0 saturated carbocycles. The summed E-state index contributed by atoms with van der Waals surface area (Å²) in [7, 11) is -3.74. The second-order valence-corrected chi connectivity index (χ2v) is 8.00. The molecular weight excluding hydrogens is 370 g/mol. The zero-order valence-corrected chi connectivity index (χ0v) is 15.4. The highest BCUT2D eigenvalue weighted by atomic mass is 35.5. The first kappa shape index (κ1) is 16.8. The average molecular weight is 384 g/mol. The molecule has 0 saturated heterocycles. The highest BCUT2D eigenvalue weighted by molar-refractivity contribution is 7.90. The molecule has 0 aliphatic rings. The molecule has 26 heavy (non-hydrogen) atoms. The molecule has 4 aromatic rings. The van der Waals surface area contributed by atoms with Gasteiger partial charge in [-0.1, -0.05) is 36.4 Å². The molecule has 2 aromatic carbocycles. The number of para-hydroxylation sites is 1. The van der Waals surface area contributed by atoms with Crippen LogP contribution in [0.3, 0.4) is 0 Å². The van der Waals surface area contributed by atoms with Crippen LogP contribution in [0.15, 0.2) is 71.9 Å². The van der Waals surface area contributed by atoms with Gasteiger partial charge in [-0.25, -0.2) is 22.4 Å². The lowest BCUT2D eigenvalue weighted by Crippen LogP contribution is -2.11. The van der Waals surface area contributed by atoms with Crippen molar-refractivity contribution in [1.29, 1.82) is 0 Å². The fourth-order valence-electron chi connectivity index (χ4n) is 2.94. The molecule has 0 bridgehead atoms. The predicted octanol–water partition coefficient (Wildman–Crippen LogP) is 4.30. The largest absolute Gasteiger partial charge is 0.268 e. The van der Waals surface area contributed by atoms with Crippen molar-refractivity contribution in [2.75, 3.05) is 0 Å². The van der Waals surface area contributed by atoms with Gasteiger partial charge in [-0.15, -0.1) is 0 Å². The first-order chi connectivity index (χ1) is 12.5. The molecule has 4 rings (SSSR count). The summed E-state index contributed by atoms with van der Waals surface area (Å²) in [6, 6.07) is 15.7. The van der Waals surface area contributed by atoms with Gasteiger partial charge in [0.25, 0.3) is 10.0 Å². The Hall–Kier alpha value is -2.70. The summed E-state index contributed by atoms with van der Waals surface area (Å²) in [5.41, 5.74) is 2.71. The van der Waals surface area contributed by atoms with Crippen LogP contribution < -0.4 is 0 Å². The van der Waals surface area contributed by atoms with Crippen LogP contribution in [-0.2, 0) is 10.0 Å². The normalized spacial score (nSPS) is 11.8. The minimum absolute atomic E-state index is 0.119. The fourth-order valence-corrected chi connectivity index (χ4v) is 4.46. The molecule has 2 heterocycles. The van der Waals surface area contributed by atoms with E-state index in [1.165, 1.54) is 3.97 Å². The molecule has 0 N–H and O–H groups in total. The van der Waals surface area contributed by atoms with Crippen LogP contribution in [0.4, 0.5) is 0 Å². The lowest BCUT2D eigenvalue weighted by Gasteiger charge is -2.07. The summed E-state index contributed by atoms with van der Waals surface area (Å²) in [5.74, 6) is 0. The Bertz CT molecular complexity index is 1220. The van der Waals surface area contributed by atoms with Gasteiger partial charge in [0, 0.05) is 23.3 Å². The van der Waals surface area contributed by atoms with Crippen LogP contribution in [0.2, 0.25) is 5.28 Å². The second-order valence-electron chi connectivity index (χ2n) is 5.84. The molecule has 0 unspecified atom stereocenters. The third-order valence-electron chi connectivity index (χ3n) is 4.18. The van der Waals surface area contributed by atoms with E-state index in [2.05, 4.69) is 9.97 Å². The average Bonchev–Trinajstić information content (AvgIpc) is 3.05. The Morgan fingerprint density at radius 3 is 2.46 bits per heavy atom. The maximum atomic E-state index is 13.1. The smallest absolute Gasteiger partial charge is 0.240 e. The highest BCUT2D eigenvalue weighted by Gasteiger charge is 2.22. The van der Waals surface area contributed by atoms with E-state index in [1.807, 2.05) is 25.1 Å². The summed E-state index contributed by atoms with van der Waals surface area (Å²) in [6.07, 6.45) is 3.22. The standard InChI is InChI=1S/C19H14ClN3O2S/c1-13-11-21-19(20)22-18(13)16-12-23(17-10-6-5-9-15(16)17)26(24,25)14-7-3-2-4-8-14/h2-12H,1H3. The van der Waals surface area contributed by atoms with Gasteiger partial charge in [-0.3, -0.25) is 0 Å². The maximum Gasteiger partial charge on any atom is 0.268 e. The van der Waals surface area contributed by atoms with Crippen molar-refractivity contribution >= 4 is 32.5 Å². The van der Waals surface area contributed by atoms with Gasteiger partial charge in [-0.2, -0.15) is 0 Å². The quantitative estimate of drug-likeness (QED) is 0.495. The minimum Gasteiger partial charge on any atom is -0.240 e. The molecule has 2 aromatic heterocycles. The molecule has 130 valence electrons. The Kier molecular flexibility index (Phi) is 4.01. The van der Waals surface area contributed by atoms with E-state index in [9.17, 15) is 8.42 Å². The van der Waals surface area contributed by atoms with Crippen molar-refractivity contribution in [2.45, 2.75) is 11.8 Å². The van der Waals surface area contributed by atoms with Crippen molar-refractivity contribution < 1.29 is 8.42 Å². The first-order valence-electron chi connectivity index (χ1n) is 7.89. The highest BCUT2D eigenvalue weighted by Crippen LogP contribution is 2.33. The summed E-state index contributed by atoms with van der Waals surface area (Å²) in [6.45, 7) is 1.86. The molecule has 0 atom stereocenters. The van der Waals surface area contributed by atoms with Gasteiger partial charge < -0.3 is 0 Å². The van der Waals surface area contributed by atoms with Crippen LogP contribution in [0.1, 0.15) is 5.56 Å². The van der Waals surface area contributed by atoms with Crippen LogP contribution in [0.25, 0.3) is 22.2 Å². The topological polar surface area (TPSA) is 64.8 Å². The molecule has 0 fully saturated rings. The molecule has 0 radical (unpaired) electrons. The van der Waals surface area contributed by atoms with Crippen molar-refractivity contribution in [3.63, 3.8) is 0 Å². The second kappa shape index (κ2) is 6.23. The predicted molar refractivity (Wildman–Crippen MR) is 102 cm³/mol. The van der Waals surface area contributed by atoms with Gasteiger partial charge in [-0.05, 0) is 42.3 Å². The van der Waals surface area contributed by atoms with Crippen molar-refractivity contribution in [2.24, 2.45) is 0 Å². The summed E-state index contributed by atoms with van der Waals surface area (Å²) in [4.78, 5) is 8.51. The molecule has 0 aliphatic heterocycles. The van der Waals surface area contributed by atoms with Crippen LogP contribution in [0, 0.1) is 6.92 Å². The van der Waals surface area contributed by atoms with Gasteiger partial charge >= 0.3 is 0 Å². The van der Waals surface area contributed by atoms with Gasteiger partial charge in [0.1, 0.15) is 0 Å². The number of aromatic nitrogens is 3. The summed E-state index contributed by atoms with van der Waals surface area (Å²) >= 11 is 5.96. The number of hydrogen-bond donors (Lipinski definition) is 0. The van der Waals surface area contributed by atoms with E-state index in [0.29, 0.717) is 16.8 Å². The first-order valence-corrected chi connectivity index (χ1v) is 9.70. The molecular formula is C19H14ClN3O2S. The lowest BCUT2D eigenvalue weighted by atomic mass is 10.1. The molecule has 7 heteroatoms. The Labute approximate surface area is 156 Å². The summed E-state index contributed by atoms with van der Waals surface area (Å²) < 4.78 is 27.6. The minimum atomic E-state index is -3.74. The van der Waals surface area contributed by atoms with Gasteiger partial charge in [0.2, 0.25) is 5.28 Å². The number of halogens is 1.